The lowest BCUT2D eigenvalue weighted by molar-refractivity contribution is -0.142. The first-order valence-corrected chi connectivity index (χ1v) is 12.1. The number of benzene rings is 1. The number of halogens is 5. The fraction of sp³-hybridized carbons (Fsp3) is 0.160. The third-order valence-electron chi connectivity index (χ3n) is 5.83. The van der Waals surface area contributed by atoms with Crippen LogP contribution >= 0.6 is 22.9 Å². The lowest BCUT2D eigenvalue weighted by Gasteiger charge is -2.30. The van der Waals surface area contributed by atoms with Crippen LogP contribution in [0, 0.1) is 5.82 Å². The Balaban J connectivity index is 1.60. The second kappa shape index (κ2) is 10.2. The first-order chi connectivity index (χ1) is 18.2. The van der Waals surface area contributed by atoms with Gasteiger partial charge in [-0.2, -0.15) is 13.2 Å². The van der Waals surface area contributed by atoms with Crippen molar-refractivity contribution in [2.75, 3.05) is 5.32 Å². The number of carboxylic acids is 2. The normalized spacial score (nSPS) is 17.3. The van der Waals surface area contributed by atoms with Gasteiger partial charge in [-0.3, -0.25) is 19.9 Å². The minimum atomic E-state index is -4.90. The van der Waals surface area contributed by atoms with E-state index >= 15 is 0 Å². The van der Waals surface area contributed by atoms with Gasteiger partial charge in [-0.15, -0.1) is 11.3 Å². The Labute approximate surface area is 226 Å². The number of anilines is 1. The zero-order chi connectivity index (χ0) is 28.7. The van der Waals surface area contributed by atoms with Gasteiger partial charge in [0.2, 0.25) is 0 Å². The van der Waals surface area contributed by atoms with E-state index in [0.29, 0.717) is 11.6 Å². The van der Waals surface area contributed by atoms with Crippen LogP contribution < -0.4 is 5.32 Å². The molecule has 1 amide bonds. The summed E-state index contributed by atoms with van der Waals surface area (Å²) in [5, 5.41) is 22.8. The summed E-state index contributed by atoms with van der Waals surface area (Å²) in [4.78, 5) is 44.7. The highest BCUT2D eigenvalue weighted by Gasteiger charge is 2.45. The molecule has 14 heteroatoms. The van der Waals surface area contributed by atoms with E-state index < -0.39 is 52.8 Å². The van der Waals surface area contributed by atoms with Crippen LogP contribution in [0.3, 0.4) is 0 Å². The van der Waals surface area contributed by atoms with Crippen LogP contribution in [0.2, 0.25) is 5.02 Å². The molecule has 4 rings (SSSR count). The maximum atomic E-state index is 14.5. The van der Waals surface area contributed by atoms with E-state index in [0.717, 1.165) is 35.7 Å². The van der Waals surface area contributed by atoms with E-state index in [4.69, 9.17) is 11.6 Å². The minimum Gasteiger partial charge on any atom is -0.480 e. The van der Waals surface area contributed by atoms with Crippen LogP contribution in [-0.4, -0.2) is 38.0 Å². The molecule has 0 radical (unpaired) electrons. The number of aliphatic carboxylic acids is 2. The van der Waals surface area contributed by atoms with E-state index in [2.05, 4.69) is 15.3 Å². The number of carboxylic acid groups (broad SMARTS) is 2. The van der Waals surface area contributed by atoms with Gasteiger partial charge in [0.25, 0.3) is 5.91 Å². The lowest BCUT2D eigenvalue weighted by Crippen LogP contribution is -2.38. The first kappa shape index (κ1) is 27.9. The largest absolute Gasteiger partial charge is 0.480 e. The van der Waals surface area contributed by atoms with Crippen molar-refractivity contribution in [1.29, 1.82) is 0 Å². The molecule has 8 nitrogen and oxygen atoms in total. The van der Waals surface area contributed by atoms with Gasteiger partial charge in [0.05, 0.1) is 27.5 Å². The highest BCUT2D eigenvalue weighted by molar-refractivity contribution is 7.14. The van der Waals surface area contributed by atoms with Crippen molar-refractivity contribution in [3.63, 3.8) is 0 Å². The number of hydrogen-bond donors (Lipinski definition) is 3. The number of pyridine rings is 1. The number of aromatic nitrogens is 2. The molecule has 3 N–H and O–H groups in total. The number of allylic oxidation sites excluding steroid dienone is 2. The molecule has 1 atom stereocenters. The monoisotopic (exact) mass is 581 g/mol. The fourth-order valence-electron chi connectivity index (χ4n) is 4.10. The maximum absolute atomic E-state index is 14.5. The van der Waals surface area contributed by atoms with Gasteiger partial charge in [0.15, 0.2) is 5.13 Å². The SMILES string of the molecule is CC1=CC(C(=O)O)(c2ncc(C(=O)Nc3nc(-c4cccc(C(F)(F)F)c4F)cs3)cc2Cl)CC(C(=O)O)=C1. The summed E-state index contributed by atoms with van der Waals surface area (Å²) in [6, 6.07) is 3.91. The van der Waals surface area contributed by atoms with Gasteiger partial charge < -0.3 is 10.2 Å². The molecule has 0 spiro atoms. The van der Waals surface area contributed by atoms with Crippen molar-refractivity contribution in [1.82, 2.24) is 9.97 Å². The predicted molar refractivity (Wildman–Crippen MR) is 133 cm³/mol. The van der Waals surface area contributed by atoms with E-state index in [1.807, 2.05) is 0 Å². The number of alkyl halides is 3. The van der Waals surface area contributed by atoms with Gasteiger partial charge >= 0.3 is 18.1 Å². The standard InChI is InChI=1S/C25H16ClF4N3O5S/c1-11-5-12(21(35)36)8-24(7-11,22(37)38)19-16(26)6-13(9-31-19)20(34)33-23-32-17(10-39-23)14-3-2-4-15(18(14)27)25(28,29)30/h2-7,9-10H,8H2,1H3,(H,35,36)(H,37,38)(H,32,33,34). The molecular weight excluding hydrogens is 566 g/mol. The smallest absolute Gasteiger partial charge is 0.419 e. The number of amides is 1. The molecule has 2 heterocycles. The average Bonchev–Trinajstić information content (AvgIpc) is 3.30. The van der Waals surface area contributed by atoms with Crippen molar-refractivity contribution in [3.8, 4) is 11.3 Å². The van der Waals surface area contributed by atoms with E-state index in [1.165, 1.54) is 24.5 Å². The Morgan fingerprint density at radius 2 is 1.92 bits per heavy atom. The summed E-state index contributed by atoms with van der Waals surface area (Å²) in [6.45, 7) is 1.53. The summed E-state index contributed by atoms with van der Waals surface area (Å²) >= 11 is 7.16. The Kier molecular flexibility index (Phi) is 7.32. The van der Waals surface area contributed by atoms with Crippen molar-refractivity contribution >= 4 is 45.9 Å². The van der Waals surface area contributed by atoms with Gasteiger partial charge in [-0.05, 0) is 31.2 Å². The second-order valence-corrected chi connectivity index (χ2v) is 9.79. The molecule has 3 aromatic rings. The van der Waals surface area contributed by atoms with Gasteiger partial charge in [0, 0.05) is 29.1 Å². The number of rotatable bonds is 6. The van der Waals surface area contributed by atoms with Crippen LogP contribution in [-0.2, 0) is 21.2 Å². The molecule has 1 unspecified atom stereocenters. The van der Waals surface area contributed by atoms with E-state index in [1.54, 1.807) is 0 Å². The molecule has 1 aliphatic rings. The molecule has 0 aliphatic heterocycles. The van der Waals surface area contributed by atoms with Crippen molar-refractivity contribution in [3.05, 3.63) is 86.8 Å². The number of carbonyl (C=O) groups is 3. The number of nitrogens with one attached hydrogen (secondary N) is 1. The summed E-state index contributed by atoms with van der Waals surface area (Å²) < 4.78 is 53.6. The van der Waals surface area contributed by atoms with E-state index in [9.17, 15) is 42.2 Å². The van der Waals surface area contributed by atoms with Crippen molar-refractivity contribution in [2.24, 2.45) is 0 Å². The molecule has 202 valence electrons. The summed E-state index contributed by atoms with van der Waals surface area (Å²) in [7, 11) is 0. The Hall–Kier alpha value is -4.10. The number of carbonyl (C=O) groups excluding carboxylic acids is 1. The highest BCUT2D eigenvalue weighted by Crippen LogP contribution is 2.41. The Morgan fingerprint density at radius 3 is 2.54 bits per heavy atom. The van der Waals surface area contributed by atoms with Crippen LogP contribution in [0.15, 0.2) is 59.1 Å². The summed E-state index contributed by atoms with van der Waals surface area (Å²) in [6.07, 6.45) is -1.61. The topological polar surface area (TPSA) is 129 Å². The van der Waals surface area contributed by atoms with Crippen molar-refractivity contribution in [2.45, 2.75) is 24.9 Å². The predicted octanol–water partition coefficient (Wildman–Crippen LogP) is 5.95. The molecule has 0 saturated heterocycles. The van der Waals surface area contributed by atoms with Gasteiger partial charge in [-0.25, -0.2) is 14.2 Å². The lowest BCUT2D eigenvalue weighted by atomic mass is 9.73. The Bertz CT molecular complexity index is 1580. The van der Waals surface area contributed by atoms with Gasteiger partial charge in [0.1, 0.15) is 11.2 Å². The zero-order valence-electron chi connectivity index (χ0n) is 19.6. The zero-order valence-corrected chi connectivity index (χ0v) is 21.2. The molecule has 0 fully saturated rings. The molecular formula is C25H16ClF4N3O5S. The first-order valence-electron chi connectivity index (χ1n) is 10.9. The van der Waals surface area contributed by atoms with Crippen molar-refractivity contribution < 1.29 is 42.2 Å². The van der Waals surface area contributed by atoms with Crippen LogP contribution in [0.4, 0.5) is 22.7 Å². The molecule has 1 aromatic carbocycles. The van der Waals surface area contributed by atoms with Crippen LogP contribution in [0.5, 0.6) is 0 Å². The quantitative estimate of drug-likeness (QED) is 0.307. The minimum absolute atomic E-state index is 0.0592. The highest BCUT2D eigenvalue weighted by atomic mass is 35.5. The molecule has 1 aliphatic carbocycles. The van der Waals surface area contributed by atoms with E-state index in [-0.39, 0.29) is 32.7 Å². The summed E-state index contributed by atoms with van der Waals surface area (Å²) in [5.41, 5.74) is -3.94. The number of nitrogens with zero attached hydrogens (tertiary/aromatic N) is 2. The maximum Gasteiger partial charge on any atom is 0.419 e. The molecule has 2 aromatic heterocycles. The number of hydrogen-bond acceptors (Lipinski definition) is 6. The third-order valence-corrected chi connectivity index (χ3v) is 6.88. The average molecular weight is 582 g/mol. The van der Waals surface area contributed by atoms with Crippen LogP contribution in [0.1, 0.15) is 35.0 Å². The molecule has 0 bridgehead atoms. The summed E-state index contributed by atoms with van der Waals surface area (Å²) in [5.74, 6) is -4.97. The molecule has 0 saturated carbocycles. The second-order valence-electron chi connectivity index (χ2n) is 8.53. The third kappa shape index (κ3) is 5.40. The molecule has 39 heavy (non-hydrogen) atoms. The number of thiazole rings is 1. The van der Waals surface area contributed by atoms with Crippen LogP contribution in [0.25, 0.3) is 11.3 Å². The van der Waals surface area contributed by atoms with Gasteiger partial charge in [-0.1, -0.05) is 29.3 Å². The fourth-order valence-corrected chi connectivity index (χ4v) is 5.14. The Morgan fingerprint density at radius 1 is 1.21 bits per heavy atom.